The molecule has 1 rings (SSSR count). The summed E-state index contributed by atoms with van der Waals surface area (Å²) in [5.41, 5.74) is 0.156. The number of hydrogen-bond acceptors (Lipinski definition) is 3. The highest BCUT2D eigenvalue weighted by Gasteiger charge is 2.35. The molecule has 1 aromatic carbocycles. The summed E-state index contributed by atoms with van der Waals surface area (Å²) in [4.78, 5) is 11.7. The fourth-order valence-electron chi connectivity index (χ4n) is 1.62. The van der Waals surface area contributed by atoms with E-state index in [0.717, 1.165) is 5.56 Å². The quantitative estimate of drug-likeness (QED) is 0.763. The zero-order valence-electron chi connectivity index (χ0n) is 9.41. The maximum Gasteiger partial charge on any atom is 0.330 e. The molecule has 0 heterocycles. The number of benzene rings is 1. The maximum atomic E-state index is 11.7. The van der Waals surface area contributed by atoms with E-state index in [1.165, 1.54) is 7.11 Å². The van der Waals surface area contributed by atoms with Gasteiger partial charge in [0.25, 0.3) is 0 Å². The fourth-order valence-corrected chi connectivity index (χ4v) is 1.62. The molecular formula is C12H17NO2. The number of likely N-dealkylation sites (N-methyl/N-ethyl adjacent to an activating group) is 1. The van der Waals surface area contributed by atoms with E-state index in [0.29, 0.717) is 6.54 Å². The predicted octanol–water partition coefficient (Wildman–Crippen LogP) is 1.68. The lowest BCUT2D eigenvalue weighted by Gasteiger charge is -2.27. The molecule has 1 atom stereocenters. The molecule has 3 heteroatoms. The Hall–Kier alpha value is -1.35. The number of carbonyl (C=O) groups is 1. The summed E-state index contributed by atoms with van der Waals surface area (Å²) in [6.07, 6.45) is 0. The Kier molecular flexibility index (Phi) is 3.86. The van der Waals surface area contributed by atoms with Gasteiger partial charge in [-0.2, -0.15) is 0 Å². The van der Waals surface area contributed by atoms with Gasteiger partial charge in [-0.1, -0.05) is 37.3 Å². The minimum Gasteiger partial charge on any atom is -0.467 e. The lowest BCUT2D eigenvalue weighted by atomic mass is 9.92. The average molecular weight is 207 g/mol. The first-order valence-electron chi connectivity index (χ1n) is 5.04. The van der Waals surface area contributed by atoms with Gasteiger partial charge in [-0.05, 0) is 19.0 Å². The highest BCUT2D eigenvalue weighted by atomic mass is 16.5. The summed E-state index contributed by atoms with van der Waals surface area (Å²) >= 11 is 0. The van der Waals surface area contributed by atoms with E-state index in [9.17, 15) is 4.79 Å². The summed E-state index contributed by atoms with van der Waals surface area (Å²) in [5.74, 6) is -0.268. The molecular weight excluding hydrogens is 190 g/mol. The SMILES string of the molecule is CCNC(C)(C(=O)OC)c1ccccc1. The number of rotatable bonds is 4. The highest BCUT2D eigenvalue weighted by molar-refractivity contribution is 5.82. The Balaban J connectivity index is 3.06. The van der Waals surface area contributed by atoms with Crippen LogP contribution in [0.1, 0.15) is 19.4 Å². The van der Waals surface area contributed by atoms with Crippen LogP contribution >= 0.6 is 0 Å². The van der Waals surface area contributed by atoms with E-state index < -0.39 is 5.54 Å². The van der Waals surface area contributed by atoms with Gasteiger partial charge in [0.2, 0.25) is 0 Å². The van der Waals surface area contributed by atoms with Crippen molar-refractivity contribution in [3.8, 4) is 0 Å². The van der Waals surface area contributed by atoms with Crippen LogP contribution in [-0.4, -0.2) is 19.6 Å². The van der Waals surface area contributed by atoms with Gasteiger partial charge in [0.1, 0.15) is 5.54 Å². The molecule has 1 N–H and O–H groups in total. The van der Waals surface area contributed by atoms with E-state index in [1.807, 2.05) is 44.2 Å². The number of esters is 1. The minimum absolute atomic E-state index is 0.268. The van der Waals surface area contributed by atoms with Crippen molar-refractivity contribution in [2.24, 2.45) is 0 Å². The molecule has 0 saturated heterocycles. The van der Waals surface area contributed by atoms with E-state index in [-0.39, 0.29) is 5.97 Å². The number of methoxy groups -OCH3 is 1. The molecule has 0 bridgehead atoms. The lowest BCUT2D eigenvalue weighted by Crippen LogP contribution is -2.47. The number of ether oxygens (including phenoxy) is 1. The molecule has 0 saturated carbocycles. The molecule has 1 aromatic rings. The van der Waals surface area contributed by atoms with Gasteiger partial charge in [0.15, 0.2) is 0 Å². The van der Waals surface area contributed by atoms with Crippen LogP contribution in [0, 0.1) is 0 Å². The third kappa shape index (κ3) is 2.36. The second kappa shape index (κ2) is 4.94. The standard InChI is InChI=1S/C12H17NO2/c1-4-13-12(2,11(14)15-3)10-8-6-5-7-9-10/h5-9,13H,4H2,1-3H3. The Morgan fingerprint density at radius 2 is 2.00 bits per heavy atom. The molecule has 0 aliphatic heterocycles. The van der Waals surface area contributed by atoms with E-state index >= 15 is 0 Å². The summed E-state index contributed by atoms with van der Waals surface area (Å²) in [6.45, 7) is 4.50. The van der Waals surface area contributed by atoms with E-state index in [2.05, 4.69) is 5.32 Å². The van der Waals surface area contributed by atoms with Crippen molar-refractivity contribution in [3.63, 3.8) is 0 Å². The summed E-state index contributed by atoms with van der Waals surface area (Å²) in [7, 11) is 1.40. The van der Waals surface area contributed by atoms with Crippen LogP contribution in [0.15, 0.2) is 30.3 Å². The van der Waals surface area contributed by atoms with Gasteiger partial charge in [-0.15, -0.1) is 0 Å². The molecule has 3 nitrogen and oxygen atoms in total. The molecule has 0 amide bonds. The van der Waals surface area contributed by atoms with Crippen LogP contribution < -0.4 is 5.32 Å². The molecule has 15 heavy (non-hydrogen) atoms. The topological polar surface area (TPSA) is 38.3 Å². The van der Waals surface area contributed by atoms with Gasteiger partial charge in [0.05, 0.1) is 7.11 Å². The first kappa shape index (κ1) is 11.7. The average Bonchev–Trinajstić information content (AvgIpc) is 2.29. The summed E-state index contributed by atoms with van der Waals surface area (Å²) in [5, 5.41) is 3.15. The molecule has 0 fully saturated rings. The molecule has 0 aromatic heterocycles. The predicted molar refractivity (Wildman–Crippen MR) is 59.5 cm³/mol. The summed E-state index contributed by atoms with van der Waals surface area (Å²) < 4.78 is 4.82. The zero-order chi connectivity index (χ0) is 11.3. The second-order valence-electron chi connectivity index (χ2n) is 3.51. The van der Waals surface area contributed by atoms with E-state index in [4.69, 9.17) is 4.74 Å². The van der Waals surface area contributed by atoms with Crippen LogP contribution in [0.2, 0.25) is 0 Å². The third-order valence-electron chi connectivity index (χ3n) is 2.48. The molecule has 0 radical (unpaired) electrons. The van der Waals surface area contributed by atoms with Gasteiger partial charge < -0.3 is 4.74 Å². The van der Waals surface area contributed by atoms with Crippen molar-refractivity contribution < 1.29 is 9.53 Å². The Morgan fingerprint density at radius 3 is 2.47 bits per heavy atom. The lowest BCUT2D eigenvalue weighted by molar-refractivity contribution is -0.148. The molecule has 0 aliphatic rings. The van der Waals surface area contributed by atoms with Crippen LogP contribution in [0.25, 0.3) is 0 Å². The van der Waals surface area contributed by atoms with Gasteiger partial charge in [-0.25, -0.2) is 4.79 Å². The van der Waals surface area contributed by atoms with Gasteiger partial charge in [0, 0.05) is 0 Å². The van der Waals surface area contributed by atoms with Crippen molar-refractivity contribution in [1.82, 2.24) is 5.32 Å². The van der Waals surface area contributed by atoms with Crippen LogP contribution in [-0.2, 0) is 15.1 Å². The number of carbonyl (C=O) groups excluding carboxylic acids is 1. The van der Waals surface area contributed by atoms with E-state index in [1.54, 1.807) is 0 Å². The van der Waals surface area contributed by atoms with Gasteiger partial charge >= 0.3 is 5.97 Å². The molecule has 1 unspecified atom stereocenters. The Labute approximate surface area is 90.4 Å². The third-order valence-corrected chi connectivity index (χ3v) is 2.48. The smallest absolute Gasteiger partial charge is 0.330 e. The Morgan fingerprint density at radius 1 is 1.40 bits per heavy atom. The monoisotopic (exact) mass is 207 g/mol. The van der Waals surface area contributed by atoms with Crippen LogP contribution in [0.5, 0.6) is 0 Å². The van der Waals surface area contributed by atoms with Gasteiger partial charge in [-0.3, -0.25) is 5.32 Å². The zero-order valence-corrected chi connectivity index (χ0v) is 9.41. The first-order chi connectivity index (χ1) is 7.15. The Bertz CT molecular complexity index is 324. The number of hydrogen-bond donors (Lipinski definition) is 1. The minimum atomic E-state index is -0.759. The highest BCUT2D eigenvalue weighted by Crippen LogP contribution is 2.21. The maximum absolute atomic E-state index is 11.7. The second-order valence-corrected chi connectivity index (χ2v) is 3.51. The first-order valence-corrected chi connectivity index (χ1v) is 5.04. The van der Waals surface area contributed by atoms with Crippen LogP contribution in [0.4, 0.5) is 0 Å². The van der Waals surface area contributed by atoms with Crippen LogP contribution in [0.3, 0.4) is 0 Å². The van der Waals surface area contributed by atoms with Crippen molar-refractivity contribution in [1.29, 1.82) is 0 Å². The largest absolute Gasteiger partial charge is 0.467 e. The number of nitrogens with one attached hydrogen (secondary N) is 1. The molecule has 0 spiro atoms. The van der Waals surface area contributed by atoms with Crippen molar-refractivity contribution in [2.45, 2.75) is 19.4 Å². The van der Waals surface area contributed by atoms with Crippen molar-refractivity contribution in [2.75, 3.05) is 13.7 Å². The fraction of sp³-hybridized carbons (Fsp3) is 0.417. The van der Waals surface area contributed by atoms with Crippen molar-refractivity contribution >= 4 is 5.97 Å². The summed E-state index contributed by atoms with van der Waals surface area (Å²) in [6, 6.07) is 9.58. The molecule has 82 valence electrons. The van der Waals surface area contributed by atoms with Crippen molar-refractivity contribution in [3.05, 3.63) is 35.9 Å². The normalized spacial score (nSPS) is 14.3. The molecule has 0 aliphatic carbocycles.